The van der Waals surface area contributed by atoms with Gasteiger partial charge in [0.2, 0.25) is 0 Å². The van der Waals surface area contributed by atoms with E-state index < -0.39 is 0 Å². The van der Waals surface area contributed by atoms with Crippen LogP contribution in [0.15, 0.2) is 36.7 Å². The van der Waals surface area contributed by atoms with Gasteiger partial charge in [0.15, 0.2) is 0 Å². The second kappa shape index (κ2) is 5.35. The Morgan fingerprint density at radius 3 is 2.74 bits per heavy atom. The molecule has 2 heterocycles. The Hall–Kier alpha value is -1.32. The monoisotopic (exact) mass is 277 g/mol. The van der Waals surface area contributed by atoms with Crippen molar-refractivity contribution in [2.75, 3.05) is 13.6 Å². The van der Waals surface area contributed by atoms with E-state index in [0.717, 1.165) is 24.0 Å². The highest BCUT2D eigenvalue weighted by Crippen LogP contribution is 2.24. The Morgan fingerprint density at radius 2 is 2.00 bits per heavy atom. The summed E-state index contributed by atoms with van der Waals surface area (Å²) < 4.78 is 3.23. The van der Waals surface area contributed by atoms with Gasteiger partial charge in [-0.1, -0.05) is 30.3 Å². The van der Waals surface area contributed by atoms with Crippen LogP contribution in [0.25, 0.3) is 0 Å². The fraction of sp³-hybridized carbons (Fsp3) is 0.400. The third-order valence-corrected chi connectivity index (χ3v) is 3.97. The SMILES string of the molecule is Cn1cnc2c1CC[N+](C)(Cc1ccccc1)C2.[Cl-]. The highest BCUT2D eigenvalue weighted by molar-refractivity contribution is 5.16. The van der Waals surface area contributed by atoms with E-state index in [1.807, 2.05) is 6.33 Å². The summed E-state index contributed by atoms with van der Waals surface area (Å²) in [5, 5.41) is 0. The Labute approximate surface area is 120 Å². The molecule has 0 fully saturated rings. The first-order valence-electron chi connectivity index (χ1n) is 6.53. The molecule has 102 valence electrons. The van der Waals surface area contributed by atoms with E-state index >= 15 is 0 Å². The molecule has 3 rings (SSSR count). The minimum atomic E-state index is 0. The smallest absolute Gasteiger partial charge is 0.124 e. The lowest BCUT2D eigenvalue weighted by Gasteiger charge is -2.37. The Kier molecular flexibility index (Phi) is 3.97. The van der Waals surface area contributed by atoms with Gasteiger partial charge in [-0.15, -0.1) is 0 Å². The van der Waals surface area contributed by atoms with Crippen molar-refractivity contribution >= 4 is 0 Å². The standard InChI is InChI=1S/C15H20N3.ClH/c1-17-12-16-14-11-18(2,9-8-15(14)17)10-13-6-4-3-5-7-13;/h3-7,12H,8-11H2,1-2H3;1H/q+1;/p-1. The van der Waals surface area contributed by atoms with E-state index in [1.54, 1.807) is 0 Å². The van der Waals surface area contributed by atoms with Gasteiger partial charge in [-0.2, -0.15) is 0 Å². The third kappa shape index (κ3) is 2.82. The number of hydrogen-bond acceptors (Lipinski definition) is 1. The average Bonchev–Trinajstić information content (AvgIpc) is 2.71. The molecular weight excluding hydrogens is 258 g/mol. The topological polar surface area (TPSA) is 17.8 Å². The first-order chi connectivity index (χ1) is 8.66. The van der Waals surface area contributed by atoms with Crippen molar-refractivity contribution < 1.29 is 16.9 Å². The van der Waals surface area contributed by atoms with Crippen LogP contribution in [0.1, 0.15) is 17.0 Å². The summed E-state index contributed by atoms with van der Waals surface area (Å²) in [6.07, 6.45) is 3.08. The number of likely N-dealkylation sites (N-methyl/N-ethyl adjacent to an activating group) is 1. The van der Waals surface area contributed by atoms with E-state index in [9.17, 15) is 0 Å². The first-order valence-corrected chi connectivity index (χ1v) is 6.53. The highest BCUT2D eigenvalue weighted by Gasteiger charge is 2.31. The molecule has 1 aliphatic heterocycles. The average molecular weight is 278 g/mol. The Morgan fingerprint density at radius 1 is 1.26 bits per heavy atom. The second-order valence-electron chi connectivity index (χ2n) is 5.64. The predicted molar refractivity (Wildman–Crippen MR) is 71.8 cm³/mol. The van der Waals surface area contributed by atoms with Crippen molar-refractivity contribution in [1.29, 1.82) is 0 Å². The second-order valence-corrected chi connectivity index (χ2v) is 5.64. The van der Waals surface area contributed by atoms with Crippen LogP contribution in [0, 0.1) is 0 Å². The van der Waals surface area contributed by atoms with Crippen molar-refractivity contribution in [3.8, 4) is 0 Å². The minimum absolute atomic E-state index is 0. The number of halogens is 1. The number of rotatable bonds is 2. The molecule has 0 saturated heterocycles. The largest absolute Gasteiger partial charge is 1.00 e. The van der Waals surface area contributed by atoms with Gasteiger partial charge in [0, 0.05) is 19.0 Å². The lowest BCUT2D eigenvalue weighted by atomic mass is 10.1. The van der Waals surface area contributed by atoms with Crippen molar-refractivity contribution in [1.82, 2.24) is 9.55 Å². The lowest BCUT2D eigenvalue weighted by Crippen LogP contribution is -3.00. The van der Waals surface area contributed by atoms with Gasteiger partial charge in [-0.3, -0.25) is 0 Å². The van der Waals surface area contributed by atoms with Crippen LogP contribution in [0.3, 0.4) is 0 Å². The third-order valence-electron chi connectivity index (χ3n) is 3.97. The van der Waals surface area contributed by atoms with Gasteiger partial charge in [-0.25, -0.2) is 4.98 Å². The van der Waals surface area contributed by atoms with Crippen molar-refractivity contribution in [2.24, 2.45) is 7.05 Å². The number of aryl methyl sites for hydroxylation is 1. The summed E-state index contributed by atoms with van der Waals surface area (Å²) in [7, 11) is 4.43. The predicted octanol–water partition coefficient (Wildman–Crippen LogP) is -0.873. The molecule has 4 heteroatoms. The van der Waals surface area contributed by atoms with Gasteiger partial charge in [0.25, 0.3) is 0 Å². The number of quaternary nitrogens is 1. The molecule has 2 aromatic rings. The zero-order valence-corrected chi connectivity index (χ0v) is 12.3. The molecule has 0 saturated carbocycles. The molecule has 1 unspecified atom stereocenters. The lowest BCUT2D eigenvalue weighted by molar-refractivity contribution is -0.937. The number of aromatic nitrogens is 2. The molecule has 0 amide bonds. The molecule has 1 atom stereocenters. The van der Waals surface area contributed by atoms with Crippen LogP contribution >= 0.6 is 0 Å². The molecule has 1 aromatic carbocycles. The molecule has 0 bridgehead atoms. The summed E-state index contributed by atoms with van der Waals surface area (Å²) in [6.45, 7) is 3.34. The minimum Gasteiger partial charge on any atom is -1.00 e. The van der Waals surface area contributed by atoms with Gasteiger partial charge in [0.05, 0.1) is 25.6 Å². The summed E-state index contributed by atoms with van der Waals surface area (Å²) in [5.74, 6) is 0. The fourth-order valence-corrected chi connectivity index (χ4v) is 2.93. The molecule has 0 aliphatic carbocycles. The van der Waals surface area contributed by atoms with Gasteiger partial charge in [0.1, 0.15) is 18.8 Å². The van der Waals surface area contributed by atoms with Crippen LogP contribution in [-0.4, -0.2) is 27.6 Å². The summed E-state index contributed by atoms with van der Waals surface area (Å²) in [6, 6.07) is 10.8. The maximum Gasteiger partial charge on any atom is 0.124 e. The fourth-order valence-electron chi connectivity index (χ4n) is 2.93. The quantitative estimate of drug-likeness (QED) is 0.653. The maximum atomic E-state index is 4.54. The number of fused-ring (bicyclic) bond motifs is 1. The molecular formula is C15H20ClN3. The molecule has 0 radical (unpaired) electrons. The number of hydrogen-bond donors (Lipinski definition) is 0. The van der Waals surface area contributed by atoms with Crippen LogP contribution in [0.5, 0.6) is 0 Å². The van der Waals surface area contributed by atoms with E-state index in [0.29, 0.717) is 0 Å². The number of nitrogens with zero attached hydrogens (tertiary/aromatic N) is 3. The summed E-state index contributed by atoms with van der Waals surface area (Å²) in [4.78, 5) is 4.54. The van der Waals surface area contributed by atoms with E-state index in [-0.39, 0.29) is 12.4 Å². The number of imidazole rings is 1. The normalized spacial score (nSPS) is 21.6. The first kappa shape index (κ1) is 14.1. The summed E-state index contributed by atoms with van der Waals surface area (Å²) >= 11 is 0. The van der Waals surface area contributed by atoms with E-state index in [1.165, 1.54) is 23.5 Å². The highest BCUT2D eigenvalue weighted by atomic mass is 35.5. The number of benzene rings is 1. The molecule has 19 heavy (non-hydrogen) atoms. The van der Waals surface area contributed by atoms with Crippen LogP contribution in [0.2, 0.25) is 0 Å². The molecule has 1 aliphatic rings. The zero-order valence-electron chi connectivity index (χ0n) is 11.5. The van der Waals surface area contributed by atoms with Gasteiger partial charge >= 0.3 is 0 Å². The van der Waals surface area contributed by atoms with E-state index in [2.05, 4.69) is 54.0 Å². The summed E-state index contributed by atoms with van der Waals surface area (Å²) in [5.41, 5.74) is 4.11. The van der Waals surface area contributed by atoms with E-state index in [4.69, 9.17) is 0 Å². The van der Waals surface area contributed by atoms with Gasteiger partial charge in [-0.05, 0) is 0 Å². The van der Waals surface area contributed by atoms with Crippen LogP contribution < -0.4 is 12.4 Å². The van der Waals surface area contributed by atoms with Crippen molar-refractivity contribution in [2.45, 2.75) is 19.5 Å². The van der Waals surface area contributed by atoms with Crippen molar-refractivity contribution in [3.05, 3.63) is 53.6 Å². The Bertz CT molecular complexity index is 550. The van der Waals surface area contributed by atoms with Crippen LogP contribution in [0.4, 0.5) is 0 Å². The molecule has 0 spiro atoms. The Balaban J connectivity index is 0.00000133. The molecule has 1 aromatic heterocycles. The zero-order chi connectivity index (χ0) is 12.6. The van der Waals surface area contributed by atoms with Crippen molar-refractivity contribution in [3.63, 3.8) is 0 Å². The van der Waals surface area contributed by atoms with Crippen LogP contribution in [-0.2, 0) is 26.6 Å². The van der Waals surface area contributed by atoms with Gasteiger partial charge < -0.3 is 21.5 Å². The molecule has 0 N–H and O–H groups in total. The molecule has 3 nitrogen and oxygen atoms in total. The maximum absolute atomic E-state index is 4.54.